The third kappa shape index (κ3) is 6.13. The van der Waals surface area contributed by atoms with Crippen LogP contribution in [0.2, 0.25) is 0 Å². The summed E-state index contributed by atoms with van der Waals surface area (Å²) in [6.45, 7) is 12.7. The average molecular weight is 661 g/mol. The SMILES string of the molecule is C=CC=C.CC.Cc1nc(-c2ccccc2)cc(-n2c3ccccc3c3cc(-c4ccc5c(c4)c4ccccc4n5-c4ccccc4)ccc32)n1. The molecule has 0 aliphatic carbocycles. The minimum Gasteiger partial charge on any atom is -0.309 e. The van der Waals surface area contributed by atoms with Crippen LogP contribution in [0.25, 0.3) is 77.5 Å². The molecule has 9 rings (SSSR count). The van der Waals surface area contributed by atoms with E-state index in [0.29, 0.717) is 0 Å². The molecule has 4 nitrogen and oxygen atoms in total. The molecule has 0 atom stereocenters. The van der Waals surface area contributed by atoms with Crippen molar-refractivity contribution in [3.8, 4) is 33.9 Å². The van der Waals surface area contributed by atoms with E-state index < -0.39 is 0 Å². The first kappa shape index (κ1) is 33.0. The lowest BCUT2D eigenvalue weighted by molar-refractivity contribution is 0.985. The third-order valence-corrected chi connectivity index (χ3v) is 8.98. The predicted octanol–water partition coefficient (Wildman–Crippen LogP) is 12.7. The van der Waals surface area contributed by atoms with E-state index in [0.717, 1.165) is 33.9 Å². The van der Waals surface area contributed by atoms with Crippen LogP contribution in [-0.4, -0.2) is 19.1 Å². The van der Waals surface area contributed by atoms with Gasteiger partial charge in [-0.3, -0.25) is 4.57 Å². The molecule has 0 aliphatic heterocycles. The fraction of sp³-hybridized carbons (Fsp3) is 0.0638. The van der Waals surface area contributed by atoms with Gasteiger partial charge in [-0.1, -0.05) is 136 Å². The lowest BCUT2D eigenvalue weighted by Crippen LogP contribution is -2.02. The van der Waals surface area contributed by atoms with Crippen LogP contribution in [0.4, 0.5) is 0 Å². The van der Waals surface area contributed by atoms with E-state index in [1.807, 2.05) is 39.0 Å². The Hall–Kier alpha value is -6.52. The molecule has 0 aliphatic rings. The summed E-state index contributed by atoms with van der Waals surface area (Å²) in [6, 6.07) is 54.0. The lowest BCUT2D eigenvalue weighted by Gasteiger charge is -2.11. The zero-order valence-corrected chi connectivity index (χ0v) is 29.3. The Morgan fingerprint density at radius 3 is 1.49 bits per heavy atom. The minimum absolute atomic E-state index is 0.747. The van der Waals surface area contributed by atoms with Gasteiger partial charge < -0.3 is 4.57 Å². The second kappa shape index (κ2) is 14.5. The summed E-state index contributed by atoms with van der Waals surface area (Å²) >= 11 is 0. The first-order valence-corrected chi connectivity index (χ1v) is 17.4. The van der Waals surface area contributed by atoms with Gasteiger partial charge in [0.1, 0.15) is 11.6 Å². The highest BCUT2D eigenvalue weighted by molar-refractivity contribution is 6.12. The topological polar surface area (TPSA) is 35.6 Å². The van der Waals surface area contributed by atoms with Crippen molar-refractivity contribution >= 4 is 43.6 Å². The molecule has 0 saturated carbocycles. The summed E-state index contributed by atoms with van der Waals surface area (Å²) in [6.07, 6.45) is 3.28. The van der Waals surface area contributed by atoms with E-state index in [1.54, 1.807) is 12.2 Å². The second-order valence-electron chi connectivity index (χ2n) is 12.0. The Bertz CT molecular complexity index is 2640. The maximum absolute atomic E-state index is 4.92. The molecular formula is C47H40N4. The molecule has 0 radical (unpaired) electrons. The van der Waals surface area contributed by atoms with Crippen LogP contribution < -0.4 is 0 Å². The summed E-state index contributed by atoms with van der Waals surface area (Å²) in [5.41, 5.74) is 10.2. The molecule has 248 valence electrons. The van der Waals surface area contributed by atoms with Crippen LogP contribution in [-0.2, 0) is 0 Å². The Morgan fingerprint density at radius 1 is 0.451 bits per heavy atom. The van der Waals surface area contributed by atoms with Gasteiger partial charge in [0.25, 0.3) is 0 Å². The summed E-state index contributed by atoms with van der Waals surface area (Å²) in [7, 11) is 0. The monoisotopic (exact) mass is 660 g/mol. The minimum atomic E-state index is 0.747. The van der Waals surface area contributed by atoms with Gasteiger partial charge in [-0.2, -0.15) is 0 Å². The van der Waals surface area contributed by atoms with E-state index in [9.17, 15) is 0 Å². The average Bonchev–Trinajstić information content (AvgIpc) is 3.71. The molecule has 51 heavy (non-hydrogen) atoms. The number of aryl methyl sites for hydroxylation is 1. The van der Waals surface area contributed by atoms with Gasteiger partial charge in [0.2, 0.25) is 0 Å². The van der Waals surface area contributed by atoms with Gasteiger partial charge in [-0.15, -0.1) is 0 Å². The molecule has 9 aromatic rings. The van der Waals surface area contributed by atoms with E-state index in [-0.39, 0.29) is 0 Å². The fourth-order valence-corrected chi connectivity index (χ4v) is 6.83. The van der Waals surface area contributed by atoms with Crippen molar-refractivity contribution < 1.29 is 0 Å². The highest BCUT2D eigenvalue weighted by Gasteiger charge is 2.17. The van der Waals surface area contributed by atoms with Crippen LogP contribution in [0.15, 0.2) is 177 Å². The van der Waals surface area contributed by atoms with Gasteiger partial charge in [0, 0.05) is 38.9 Å². The van der Waals surface area contributed by atoms with Gasteiger partial charge in [0.15, 0.2) is 0 Å². The molecule has 3 aromatic heterocycles. The van der Waals surface area contributed by atoms with Crippen molar-refractivity contribution in [3.05, 3.63) is 183 Å². The molecule has 4 heteroatoms. The Kier molecular flexibility index (Phi) is 9.40. The molecule has 0 spiro atoms. The molecule has 0 bridgehead atoms. The van der Waals surface area contributed by atoms with Crippen LogP contribution in [0, 0.1) is 6.92 Å². The predicted molar refractivity (Wildman–Crippen MR) is 218 cm³/mol. The summed E-state index contributed by atoms with van der Waals surface area (Å²) < 4.78 is 4.63. The molecule has 0 fully saturated rings. The van der Waals surface area contributed by atoms with Crippen molar-refractivity contribution in [2.24, 2.45) is 0 Å². The molecule has 0 amide bonds. The van der Waals surface area contributed by atoms with Gasteiger partial charge in [-0.25, -0.2) is 9.97 Å². The number of hydrogen-bond acceptors (Lipinski definition) is 2. The van der Waals surface area contributed by atoms with Crippen molar-refractivity contribution in [2.45, 2.75) is 20.8 Å². The number of fused-ring (bicyclic) bond motifs is 6. The zero-order valence-electron chi connectivity index (χ0n) is 29.3. The maximum atomic E-state index is 4.92. The molecular weight excluding hydrogens is 621 g/mol. The van der Waals surface area contributed by atoms with Crippen molar-refractivity contribution in [3.63, 3.8) is 0 Å². The first-order chi connectivity index (χ1) is 25.1. The van der Waals surface area contributed by atoms with Crippen LogP contribution in [0.3, 0.4) is 0 Å². The van der Waals surface area contributed by atoms with Gasteiger partial charge in [0.05, 0.1) is 27.8 Å². The van der Waals surface area contributed by atoms with E-state index in [4.69, 9.17) is 9.97 Å². The number of rotatable bonds is 5. The Labute approximate surface area is 299 Å². The highest BCUT2D eigenvalue weighted by Crippen LogP contribution is 2.38. The molecule has 0 unspecified atom stereocenters. The second-order valence-corrected chi connectivity index (χ2v) is 12.0. The number of hydrogen-bond donors (Lipinski definition) is 0. The zero-order chi connectivity index (χ0) is 35.3. The van der Waals surface area contributed by atoms with E-state index >= 15 is 0 Å². The van der Waals surface area contributed by atoms with E-state index in [1.165, 1.54) is 49.4 Å². The standard InChI is InChI=1S/C41H28N4.C4H6.C2H6/c1-27-42-36(28-12-4-2-5-13-28)26-41(43-27)45-38-19-11-9-17-33(38)35-25-30(21-23-40(35)45)29-20-22-39-34(24-29)32-16-8-10-18-37(32)44(39)31-14-6-3-7-15-31;1-3-4-2;1-2/h2-26H,1H3;3-4H,1-2H2;1-2H3. The lowest BCUT2D eigenvalue weighted by atomic mass is 10.0. The van der Waals surface area contributed by atoms with Gasteiger partial charge in [-0.05, 0) is 66.6 Å². The number of aromatic nitrogens is 4. The van der Waals surface area contributed by atoms with Crippen molar-refractivity contribution in [1.29, 1.82) is 0 Å². The number of benzene rings is 6. The summed E-state index contributed by atoms with van der Waals surface area (Å²) in [4.78, 5) is 9.69. The third-order valence-electron chi connectivity index (χ3n) is 8.98. The largest absolute Gasteiger partial charge is 0.309 e. The Morgan fingerprint density at radius 2 is 0.922 bits per heavy atom. The smallest absolute Gasteiger partial charge is 0.141 e. The molecule has 6 aromatic carbocycles. The molecule has 3 heterocycles. The van der Waals surface area contributed by atoms with Gasteiger partial charge >= 0.3 is 0 Å². The number of allylic oxidation sites excluding steroid dienone is 2. The van der Waals surface area contributed by atoms with Crippen LogP contribution >= 0.6 is 0 Å². The highest BCUT2D eigenvalue weighted by atomic mass is 15.1. The molecule has 0 N–H and O–H groups in total. The maximum Gasteiger partial charge on any atom is 0.141 e. The summed E-state index contributed by atoms with van der Waals surface area (Å²) in [5, 5.41) is 4.91. The summed E-state index contributed by atoms with van der Waals surface area (Å²) in [5.74, 6) is 1.62. The number of nitrogens with zero attached hydrogens (tertiary/aromatic N) is 4. The van der Waals surface area contributed by atoms with Crippen LogP contribution in [0.1, 0.15) is 19.7 Å². The quantitative estimate of drug-likeness (QED) is 0.172. The van der Waals surface area contributed by atoms with Crippen molar-refractivity contribution in [1.82, 2.24) is 19.1 Å². The van der Waals surface area contributed by atoms with E-state index in [2.05, 4.69) is 156 Å². The fourth-order valence-electron chi connectivity index (χ4n) is 6.83. The first-order valence-electron chi connectivity index (χ1n) is 17.4. The number of para-hydroxylation sites is 3. The molecule has 0 saturated heterocycles. The van der Waals surface area contributed by atoms with Crippen LogP contribution in [0.5, 0.6) is 0 Å². The normalized spacial score (nSPS) is 10.8. The Balaban J connectivity index is 0.000000635. The van der Waals surface area contributed by atoms with Crippen molar-refractivity contribution in [2.75, 3.05) is 0 Å².